The Balaban J connectivity index is 1.21. The number of hydrogen-bond donors (Lipinski definition) is 2. The molecule has 184 valence electrons. The predicted octanol–water partition coefficient (Wildman–Crippen LogP) is 5.21. The fourth-order valence-electron chi connectivity index (χ4n) is 5.40. The Morgan fingerprint density at radius 3 is 2.22 bits per heavy atom. The minimum Gasteiger partial charge on any atom is -0.391 e. The Hall–Kier alpha value is -4.42. The van der Waals surface area contributed by atoms with Crippen LogP contribution >= 0.6 is 0 Å². The number of aliphatic hydroxyl groups excluding tert-OH is 1. The number of para-hydroxylation sites is 2. The fourth-order valence-corrected chi connectivity index (χ4v) is 5.40. The van der Waals surface area contributed by atoms with Crippen LogP contribution in [-0.2, 0) is 0 Å². The highest BCUT2D eigenvalue weighted by Crippen LogP contribution is 2.40. The second kappa shape index (κ2) is 9.56. The number of carbonyl (C=O) groups excluding carboxylic acids is 2. The van der Waals surface area contributed by atoms with Crippen LogP contribution in [0, 0.1) is 0 Å². The number of carbonyl (C=O) groups is 2. The average molecular weight is 490 g/mol. The summed E-state index contributed by atoms with van der Waals surface area (Å²) in [6.07, 6.45) is 0.260. The van der Waals surface area contributed by atoms with Gasteiger partial charge in [-0.25, -0.2) is 0 Å². The second-order valence-electron chi connectivity index (χ2n) is 9.54. The number of amides is 2. The van der Waals surface area contributed by atoms with E-state index in [2.05, 4.69) is 10.2 Å². The van der Waals surface area contributed by atoms with Crippen molar-refractivity contribution in [2.45, 2.75) is 18.6 Å². The van der Waals surface area contributed by atoms with Gasteiger partial charge in [0, 0.05) is 35.9 Å². The number of aliphatic hydroxyl groups is 1. The van der Waals surface area contributed by atoms with Crippen molar-refractivity contribution in [1.29, 1.82) is 0 Å². The van der Waals surface area contributed by atoms with Crippen LogP contribution in [0.2, 0.25) is 0 Å². The van der Waals surface area contributed by atoms with Gasteiger partial charge in [-0.3, -0.25) is 9.59 Å². The van der Waals surface area contributed by atoms with Gasteiger partial charge in [-0.2, -0.15) is 0 Å². The first-order valence-electron chi connectivity index (χ1n) is 12.5. The zero-order chi connectivity index (χ0) is 25.4. The van der Waals surface area contributed by atoms with Gasteiger partial charge in [-0.05, 0) is 60.0 Å². The minimum atomic E-state index is -0.386. The van der Waals surface area contributed by atoms with E-state index in [0.29, 0.717) is 36.3 Å². The van der Waals surface area contributed by atoms with E-state index in [0.717, 1.165) is 22.5 Å². The number of anilines is 3. The van der Waals surface area contributed by atoms with E-state index in [-0.39, 0.29) is 24.0 Å². The molecule has 2 heterocycles. The van der Waals surface area contributed by atoms with E-state index in [1.807, 2.05) is 78.9 Å². The van der Waals surface area contributed by atoms with Gasteiger partial charge in [0.1, 0.15) is 0 Å². The molecule has 1 fully saturated rings. The molecule has 0 spiro atoms. The third kappa shape index (κ3) is 4.36. The maximum atomic E-state index is 13.5. The molecule has 4 aromatic rings. The van der Waals surface area contributed by atoms with Crippen molar-refractivity contribution < 1.29 is 14.7 Å². The SMILES string of the molecule is O=C(Nc1ccc(C(=O)N2C[C@@H]3C[C@@H](O)CN3c3ccccc32)cc1)c1ccccc1-c1ccccc1. The summed E-state index contributed by atoms with van der Waals surface area (Å²) in [6, 6.07) is 32.3. The van der Waals surface area contributed by atoms with Gasteiger partial charge >= 0.3 is 0 Å². The molecule has 0 bridgehead atoms. The van der Waals surface area contributed by atoms with Crippen LogP contribution in [0.1, 0.15) is 27.1 Å². The van der Waals surface area contributed by atoms with Gasteiger partial charge in [0.05, 0.1) is 17.5 Å². The predicted molar refractivity (Wildman–Crippen MR) is 146 cm³/mol. The van der Waals surface area contributed by atoms with E-state index >= 15 is 0 Å². The minimum absolute atomic E-state index is 0.0945. The van der Waals surface area contributed by atoms with Crippen molar-refractivity contribution in [3.05, 3.63) is 114 Å². The Morgan fingerprint density at radius 2 is 1.43 bits per heavy atom. The van der Waals surface area contributed by atoms with Crippen molar-refractivity contribution in [3.8, 4) is 11.1 Å². The van der Waals surface area contributed by atoms with Gasteiger partial charge in [0.15, 0.2) is 0 Å². The zero-order valence-electron chi connectivity index (χ0n) is 20.2. The third-order valence-corrected chi connectivity index (χ3v) is 7.16. The zero-order valence-corrected chi connectivity index (χ0v) is 20.2. The molecular weight excluding hydrogens is 462 g/mol. The number of rotatable bonds is 4. The molecule has 1 saturated heterocycles. The molecule has 0 aromatic heterocycles. The monoisotopic (exact) mass is 489 g/mol. The van der Waals surface area contributed by atoms with Crippen molar-refractivity contribution in [2.75, 3.05) is 28.2 Å². The third-order valence-electron chi connectivity index (χ3n) is 7.16. The van der Waals surface area contributed by atoms with Crippen molar-refractivity contribution in [3.63, 3.8) is 0 Å². The van der Waals surface area contributed by atoms with Gasteiger partial charge in [0.25, 0.3) is 11.8 Å². The number of nitrogens with one attached hydrogen (secondary N) is 1. The summed E-state index contributed by atoms with van der Waals surface area (Å²) in [4.78, 5) is 30.7. The van der Waals surface area contributed by atoms with E-state index < -0.39 is 0 Å². The van der Waals surface area contributed by atoms with E-state index in [1.54, 1.807) is 29.2 Å². The van der Waals surface area contributed by atoms with Crippen molar-refractivity contribution >= 4 is 28.9 Å². The molecule has 6 rings (SSSR count). The first-order valence-corrected chi connectivity index (χ1v) is 12.5. The normalized spacial score (nSPS) is 18.2. The number of nitrogens with zero attached hydrogens (tertiary/aromatic N) is 2. The molecule has 0 radical (unpaired) electrons. The fraction of sp³-hybridized carbons (Fsp3) is 0.161. The molecule has 2 amide bonds. The molecule has 37 heavy (non-hydrogen) atoms. The molecule has 4 aromatic carbocycles. The Labute approximate surface area is 215 Å². The van der Waals surface area contributed by atoms with Gasteiger partial charge in [-0.1, -0.05) is 60.7 Å². The van der Waals surface area contributed by atoms with Crippen molar-refractivity contribution in [2.24, 2.45) is 0 Å². The summed E-state index contributed by atoms with van der Waals surface area (Å²) < 4.78 is 0. The van der Waals surface area contributed by atoms with Crippen LogP contribution in [0.5, 0.6) is 0 Å². The van der Waals surface area contributed by atoms with E-state index in [4.69, 9.17) is 0 Å². The largest absolute Gasteiger partial charge is 0.391 e. The number of benzene rings is 4. The Bertz CT molecular complexity index is 1450. The molecule has 2 aliphatic rings. The van der Waals surface area contributed by atoms with Crippen LogP contribution in [0.3, 0.4) is 0 Å². The van der Waals surface area contributed by atoms with Crippen LogP contribution in [0.15, 0.2) is 103 Å². The molecule has 0 aliphatic carbocycles. The highest BCUT2D eigenvalue weighted by atomic mass is 16.3. The van der Waals surface area contributed by atoms with Crippen LogP contribution < -0.4 is 15.1 Å². The first kappa shape index (κ1) is 23.0. The molecule has 2 aliphatic heterocycles. The quantitative estimate of drug-likeness (QED) is 0.413. The molecule has 0 saturated carbocycles. The topological polar surface area (TPSA) is 72.9 Å². The summed E-state index contributed by atoms with van der Waals surface area (Å²) in [5, 5.41) is 13.2. The standard InChI is InChI=1S/C31H27N3O3/c35-25-18-24-19-34(29-13-7-6-12-28(29)33(24)20-25)31(37)22-14-16-23(17-15-22)32-30(36)27-11-5-4-10-26(27)21-8-2-1-3-9-21/h1-17,24-25,35H,18-20H2,(H,32,36)/t24-,25+/m0/s1. The molecular formula is C31H27N3O3. The average Bonchev–Trinajstić information content (AvgIpc) is 3.33. The first-order chi connectivity index (χ1) is 18.1. The molecule has 2 N–H and O–H groups in total. The van der Waals surface area contributed by atoms with Crippen LogP contribution in [0.25, 0.3) is 11.1 Å². The summed E-state index contributed by atoms with van der Waals surface area (Å²) >= 11 is 0. The lowest BCUT2D eigenvalue weighted by atomic mass is 9.99. The Morgan fingerprint density at radius 1 is 0.757 bits per heavy atom. The lowest BCUT2D eigenvalue weighted by molar-refractivity contribution is 0.0982. The summed E-state index contributed by atoms with van der Waals surface area (Å²) in [7, 11) is 0. The smallest absolute Gasteiger partial charge is 0.258 e. The highest BCUT2D eigenvalue weighted by molar-refractivity contribution is 6.10. The number of fused-ring (bicyclic) bond motifs is 3. The number of hydrogen-bond acceptors (Lipinski definition) is 4. The van der Waals surface area contributed by atoms with Gasteiger partial charge in [0.2, 0.25) is 0 Å². The van der Waals surface area contributed by atoms with Crippen LogP contribution in [-0.4, -0.2) is 42.2 Å². The van der Waals surface area contributed by atoms with E-state index in [9.17, 15) is 14.7 Å². The molecule has 0 unspecified atom stereocenters. The maximum absolute atomic E-state index is 13.5. The lowest BCUT2D eigenvalue weighted by Crippen LogP contribution is -2.48. The second-order valence-corrected chi connectivity index (χ2v) is 9.54. The molecule has 6 nitrogen and oxygen atoms in total. The molecule has 2 atom stereocenters. The summed E-state index contributed by atoms with van der Waals surface area (Å²) in [5.74, 6) is -0.302. The van der Waals surface area contributed by atoms with E-state index in [1.165, 1.54) is 0 Å². The van der Waals surface area contributed by atoms with Crippen molar-refractivity contribution in [1.82, 2.24) is 0 Å². The summed E-state index contributed by atoms with van der Waals surface area (Å²) in [6.45, 7) is 1.12. The van der Waals surface area contributed by atoms with Gasteiger partial charge in [-0.15, -0.1) is 0 Å². The van der Waals surface area contributed by atoms with Gasteiger partial charge < -0.3 is 20.2 Å². The highest BCUT2D eigenvalue weighted by Gasteiger charge is 2.39. The lowest BCUT2D eigenvalue weighted by Gasteiger charge is -2.40. The van der Waals surface area contributed by atoms with Crippen LogP contribution in [0.4, 0.5) is 17.1 Å². The Kier molecular flexibility index (Phi) is 5.94. The maximum Gasteiger partial charge on any atom is 0.258 e. The molecule has 6 heteroatoms. The summed E-state index contributed by atoms with van der Waals surface area (Å²) in [5.41, 5.74) is 5.42.